The molecule has 3 aliphatic carbocycles. The normalized spacial score (nSPS) is 36.5. The van der Waals surface area contributed by atoms with Crippen LogP contribution in [0.5, 0.6) is 0 Å². The third-order valence-electron chi connectivity index (χ3n) is 8.72. The van der Waals surface area contributed by atoms with Crippen molar-refractivity contribution >= 4 is 0 Å². The van der Waals surface area contributed by atoms with Gasteiger partial charge >= 0.3 is 0 Å². The van der Waals surface area contributed by atoms with Gasteiger partial charge in [-0.3, -0.25) is 0 Å². The summed E-state index contributed by atoms with van der Waals surface area (Å²) in [5.74, 6) is 2.15. The molecule has 0 aromatic carbocycles. The van der Waals surface area contributed by atoms with E-state index in [4.69, 9.17) is 0 Å². The molecule has 0 heterocycles. The molecule has 3 saturated carbocycles. The first kappa shape index (κ1) is 24.7. The van der Waals surface area contributed by atoms with Crippen molar-refractivity contribution in [2.24, 2.45) is 23.2 Å². The van der Waals surface area contributed by atoms with Gasteiger partial charge in [0, 0.05) is 0 Å². The van der Waals surface area contributed by atoms with Gasteiger partial charge in [0.1, 0.15) is 0 Å². The maximum absolute atomic E-state index is 10.3. The minimum absolute atomic E-state index is 0.389. The number of fused-ring (bicyclic) bond motifs is 1. The van der Waals surface area contributed by atoms with E-state index in [0.29, 0.717) is 30.1 Å². The Labute approximate surface area is 190 Å². The minimum Gasteiger partial charge on any atom is -0.390 e. The van der Waals surface area contributed by atoms with Gasteiger partial charge in [0.25, 0.3) is 0 Å². The lowest BCUT2D eigenvalue weighted by atomic mass is 9.60. The minimum atomic E-state index is -0.552. The molecule has 176 valence electrons. The van der Waals surface area contributed by atoms with E-state index >= 15 is 0 Å². The highest BCUT2D eigenvalue weighted by atomic mass is 16.3. The van der Waals surface area contributed by atoms with Gasteiger partial charge in [-0.25, -0.2) is 0 Å². The molecular weight excluding hydrogens is 384 g/mol. The Morgan fingerprint density at radius 3 is 2.42 bits per heavy atom. The van der Waals surface area contributed by atoms with Crippen molar-refractivity contribution in [3.8, 4) is 0 Å². The van der Waals surface area contributed by atoms with Crippen LogP contribution < -0.4 is 0 Å². The molecule has 6 atom stereocenters. The molecular formula is C28H46O3. The molecule has 0 aliphatic heterocycles. The lowest BCUT2D eigenvalue weighted by Crippen LogP contribution is -2.36. The van der Waals surface area contributed by atoms with Crippen molar-refractivity contribution < 1.29 is 15.3 Å². The number of aliphatic hydroxyl groups excluding tert-OH is 2. The van der Waals surface area contributed by atoms with E-state index in [-0.39, 0.29) is 0 Å². The van der Waals surface area contributed by atoms with E-state index < -0.39 is 17.8 Å². The van der Waals surface area contributed by atoms with Crippen molar-refractivity contribution in [1.82, 2.24) is 0 Å². The number of hydrogen-bond acceptors (Lipinski definition) is 3. The fourth-order valence-corrected chi connectivity index (χ4v) is 7.06. The Morgan fingerprint density at radius 1 is 1.13 bits per heavy atom. The topological polar surface area (TPSA) is 60.7 Å². The molecule has 2 unspecified atom stereocenters. The van der Waals surface area contributed by atoms with Gasteiger partial charge in [0.2, 0.25) is 0 Å². The highest BCUT2D eigenvalue weighted by molar-refractivity contribution is 5.30. The van der Waals surface area contributed by atoms with Crippen LogP contribution in [0, 0.1) is 23.2 Å². The molecule has 0 radical (unpaired) electrons. The standard InChI is InChI=1S/C28H46O3/c1-6-22-25(29)17-20(18-26(22)30)11-12-21-10-8-16-28(5)23(13-14-24(21)28)19(2)9-7-15-27(3,4)31/h6,11-12,19,23-26,29-31H,7-10,13-18H2,1-5H3/b20-11?,21-12+,22-6?/t19-,23?,24?,25+,26+,28+/m0/s1. The maximum Gasteiger partial charge on any atom is 0.0812 e. The number of aliphatic hydroxyl groups is 3. The van der Waals surface area contributed by atoms with Gasteiger partial charge in [-0.05, 0) is 101 Å². The number of allylic oxidation sites excluding steroid dienone is 4. The fourth-order valence-electron chi connectivity index (χ4n) is 7.06. The third kappa shape index (κ3) is 5.72. The Hall–Kier alpha value is -0.900. The van der Waals surface area contributed by atoms with Crippen LogP contribution in [-0.4, -0.2) is 33.1 Å². The van der Waals surface area contributed by atoms with Crippen molar-refractivity contribution in [3.63, 3.8) is 0 Å². The van der Waals surface area contributed by atoms with Crippen LogP contribution in [-0.2, 0) is 0 Å². The molecule has 3 rings (SSSR count). The molecule has 0 spiro atoms. The largest absolute Gasteiger partial charge is 0.390 e. The summed E-state index contributed by atoms with van der Waals surface area (Å²) >= 11 is 0. The van der Waals surface area contributed by atoms with Crippen LogP contribution in [0.3, 0.4) is 0 Å². The number of rotatable bonds is 6. The average Bonchev–Trinajstić information content (AvgIpc) is 3.02. The first-order valence-electron chi connectivity index (χ1n) is 12.7. The average molecular weight is 431 g/mol. The molecule has 3 fully saturated rings. The van der Waals surface area contributed by atoms with Gasteiger partial charge in [0.05, 0.1) is 17.8 Å². The molecule has 0 aromatic heterocycles. The molecule has 3 aliphatic rings. The fraction of sp³-hybridized carbons (Fsp3) is 0.786. The Bertz CT molecular complexity index is 694. The van der Waals surface area contributed by atoms with Gasteiger partial charge in [-0.15, -0.1) is 0 Å². The summed E-state index contributed by atoms with van der Waals surface area (Å²) in [5.41, 5.74) is 3.37. The highest BCUT2D eigenvalue weighted by Gasteiger charge is 2.50. The van der Waals surface area contributed by atoms with E-state index in [1.807, 2.05) is 26.8 Å². The lowest BCUT2D eigenvalue weighted by molar-refractivity contribution is 0.0596. The van der Waals surface area contributed by atoms with Crippen molar-refractivity contribution in [1.29, 1.82) is 0 Å². The molecule has 3 N–H and O–H groups in total. The third-order valence-corrected chi connectivity index (χ3v) is 8.72. The van der Waals surface area contributed by atoms with Gasteiger partial charge < -0.3 is 15.3 Å². The second-order valence-corrected chi connectivity index (χ2v) is 11.6. The monoisotopic (exact) mass is 430 g/mol. The smallest absolute Gasteiger partial charge is 0.0812 e. The molecule has 31 heavy (non-hydrogen) atoms. The van der Waals surface area contributed by atoms with Crippen LogP contribution in [0.1, 0.15) is 98.8 Å². The summed E-state index contributed by atoms with van der Waals surface area (Å²) in [6.45, 7) is 10.7. The summed E-state index contributed by atoms with van der Waals surface area (Å²) in [7, 11) is 0. The zero-order valence-electron chi connectivity index (χ0n) is 20.5. The number of hydrogen-bond donors (Lipinski definition) is 3. The van der Waals surface area contributed by atoms with Gasteiger partial charge in [-0.2, -0.15) is 0 Å². The van der Waals surface area contributed by atoms with Crippen LogP contribution in [0.15, 0.2) is 34.9 Å². The molecule has 0 bridgehead atoms. The van der Waals surface area contributed by atoms with Crippen LogP contribution >= 0.6 is 0 Å². The lowest BCUT2D eigenvalue weighted by Gasteiger charge is -2.44. The molecule has 0 amide bonds. The second kappa shape index (κ2) is 9.93. The Kier molecular flexibility index (Phi) is 7.92. The van der Waals surface area contributed by atoms with E-state index in [1.54, 1.807) is 5.57 Å². The van der Waals surface area contributed by atoms with Gasteiger partial charge in [0.15, 0.2) is 0 Å². The molecule has 0 saturated heterocycles. The maximum atomic E-state index is 10.3. The highest BCUT2D eigenvalue weighted by Crippen LogP contribution is 2.60. The summed E-state index contributed by atoms with van der Waals surface area (Å²) in [6, 6.07) is 0. The second-order valence-electron chi connectivity index (χ2n) is 11.6. The molecule has 0 aromatic rings. The van der Waals surface area contributed by atoms with Crippen LogP contribution in [0.25, 0.3) is 0 Å². The molecule has 3 nitrogen and oxygen atoms in total. The Balaban J connectivity index is 1.68. The summed E-state index contributed by atoms with van der Waals surface area (Å²) in [4.78, 5) is 0. The quantitative estimate of drug-likeness (QED) is 0.447. The SMILES string of the molecule is CC=C1[C@H](O)CC(=C/C=C2\CCC[C@@]3(C)C2CCC3[C@@H](C)CCCC(C)(C)O)C[C@H]1O. The Morgan fingerprint density at radius 2 is 1.81 bits per heavy atom. The van der Waals surface area contributed by atoms with E-state index in [0.717, 1.165) is 24.3 Å². The zero-order valence-corrected chi connectivity index (χ0v) is 20.5. The van der Waals surface area contributed by atoms with Crippen LogP contribution in [0.2, 0.25) is 0 Å². The van der Waals surface area contributed by atoms with Crippen molar-refractivity contribution in [2.45, 2.75) is 117 Å². The summed E-state index contributed by atoms with van der Waals surface area (Å²) < 4.78 is 0. The first-order valence-corrected chi connectivity index (χ1v) is 12.7. The van der Waals surface area contributed by atoms with Crippen LogP contribution in [0.4, 0.5) is 0 Å². The summed E-state index contributed by atoms with van der Waals surface area (Å²) in [6.07, 6.45) is 16.2. The van der Waals surface area contributed by atoms with E-state index in [2.05, 4.69) is 26.0 Å². The first-order chi connectivity index (χ1) is 14.5. The summed E-state index contributed by atoms with van der Waals surface area (Å²) in [5, 5.41) is 30.7. The molecule has 3 heteroatoms. The van der Waals surface area contributed by atoms with E-state index in [9.17, 15) is 15.3 Å². The van der Waals surface area contributed by atoms with Crippen molar-refractivity contribution in [3.05, 3.63) is 34.9 Å². The van der Waals surface area contributed by atoms with Crippen molar-refractivity contribution in [2.75, 3.05) is 0 Å². The predicted molar refractivity (Wildman–Crippen MR) is 129 cm³/mol. The van der Waals surface area contributed by atoms with Gasteiger partial charge in [-0.1, -0.05) is 56.1 Å². The van der Waals surface area contributed by atoms with E-state index in [1.165, 1.54) is 44.1 Å². The zero-order chi connectivity index (χ0) is 22.8. The predicted octanol–water partition coefficient (Wildman–Crippen LogP) is 6.09.